The normalized spacial score (nSPS) is 28.1. The summed E-state index contributed by atoms with van der Waals surface area (Å²) in [4.78, 5) is 51.3. The molecule has 4 aliphatic rings. The first-order chi connectivity index (χ1) is 30.3. The lowest BCUT2D eigenvalue weighted by molar-refractivity contribution is -0.143. The summed E-state index contributed by atoms with van der Waals surface area (Å²) >= 11 is 13.5. The zero-order valence-corrected chi connectivity index (χ0v) is 42.5. The Hall–Kier alpha value is -3.36. The fourth-order valence-corrected chi connectivity index (χ4v) is 13.5. The van der Waals surface area contributed by atoms with E-state index in [0.717, 1.165) is 48.3 Å². The molecule has 10 heteroatoms. The van der Waals surface area contributed by atoms with E-state index >= 15 is 0 Å². The van der Waals surface area contributed by atoms with Crippen molar-refractivity contribution >= 4 is 52.7 Å². The van der Waals surface area contributed by atoms with Crippen LogP contribution in [0.4, 0.5) is 0 Å². The molecule has 2 aromatic rings. The highest BCUT2D eigenvalue weighted by molar-refractivity contribution is 6.33. The summed E-state index contributed by atoms with van der Waals surface area (Å²) in [5, 5.41) is 20.6. The second-order valence-corrected chi connectivity index (χ2v) is 24.4. The number of halogens is 2. The maximum Gasteiger partial charge on any atom is 0.339 e. The number of esters is 2. The Balaban J connectivity index is 1.25. The number of carbonyl (C=O) groups is 4. The number of ether oxygens (including phenoxy) is 2. The average molecular weight is 936 g/mol. The van der Waals surface area contributed by atoms with Crippen LogP contribution in [0.3, 0.4) is 0 Å². The quantitative estimate of drug-likeness (QED) is 0.142. The summed E-state index contributed by atoms with van der Waals surface area (Å²) in [5.74, 6) is 1.59. The molecule has 0 heterocycles. The third-order valence-electron chi connectivity index (χ3n) is 16.7. The van der Waals surface area contributed by atoms with Crippen molar-refractivity contribution in [2.45, 2.75) is 166 Å². The highest BCUT2D eigenvalue weighted by atomic mass is 35.5. The molecule has 0 aromatic heterocycles. The maximum atomic E-state index is 12.9. The molecule has 0 radical (unpaired) electrons. The molecule has 0 saturated heterocycles. The maximum absolute atomic E-state index is 12.9. The Morgan fingerprint density at radius 2 is 1.25 bits per heavy atom. The van der Waals surface area contributed by atoms with Crippen molar-refractivity contribution in [2.24, 2.45) is 69.0 Å². The standard InChI is InChI=1S/C55H76Cl2O8/c1-31(2)14-12-15-32(3)41-20-21-42-38-19-18-36-26-33(22-24-54(36,10)43(38)23-25-55(41,42)11)16-13-17-37(34-27-39(48(58)59)46(44(56)29-34)64-50(62)52(4,5)6)35-28-40(49(60)61)47(45(57)30-35)65-51(63)53(7,8)9/h17,27-33,36,38,41-43H,12-16,18-26H2,1-11H3,(H,58,59)(H,60,61)/t32-,33?,36?,38+,41-,42+,43+,54+,55-/m1/s1. The molecular weight excluding hydrogens is 860 g/mol. The summed E-state index contributed by atoms with van der Waals surface area (Å²) in [6, 6.07) is 5.86. The van der Waals surface area contributed by atoms with Gasteiger partial charge in [0.1, 0.15) is 11.1 Å². The molecule has 4 aliphatic carbocycles. The number of rotatable bonds is 14. The molecule has 6 rings (SSSR count). The largest absolute Gasteiger partial charge is 0.478 e. The lowest BCUT2D eigenvalue weighted by Crippen LogP contribution is -2.53. The summed E-state index contributed by atoms with van der Waals surface area (Å²) in [7, 11) is 0. The molecule has 4 fully saturated rings. The fraction of sp³-hybridized carbons (Fsp3) is 0.673. The van der Waals surface area contributed by atoms with Crippen molar-refractivity contribution in [3.05, 3.63) is 62.6 Å². The minimum Gasteiger partial charge on any atom is -0.478 e. The Morgan fingerprint density at radius 1 is 0.723 bits per heavy atom. The summed E-state index contributed by atoms with van der Waals surface area (Å²) in [6.45, 7) is 22.5. The predicted molar refractivity (Wildman–Crippen MR) is 260 cm³/mol. The SMILES string of the molecule is CC(C)CCC[C@@H](C)[C@H]1CC[C@H]2[C@@H]3CCC4CC(CCC=C(c5cc(Cl)c(OC(=O)C(C)(C)C)c(C(=O)O)c5)c5cc(Cl)c(OC(=O)C(C)(C)C)c(C(=O)O)c5)CC[C@]4(C)[C@H]3CC[C@]12C. The van der Waals surface area contributed by atoms with Gasteiger partial charge in [0.25, 0.3) is 0 Å². The van der Waals surface area contributed by atoms with Crippen LogP contribution in [0.25, 0.3) is 5.57 Å². The second kappa shape index (κ2) is 19.7. The predicted octanol–water partition coefficient (Wildman–Crippen LogP) is 15.2. The van der Waals surface area contributed by atoms with Crippen molar-refractivity contribution in [1.29, 1.82) is 0 Å². The molecule has 358 valence electrons. The minimum atomic E-state index is -1.35. The number of allylic oxidation sites excluding steroid dienone is 1. The number of hydrogen-bond acceptors (Lipinski definition) is 6. The van der Waals surface area contributed by atoms with Crippen LogP contribution >= 0.6 is 23.2 Å². The van der Waals surface area contributed by atoms with Gasteiger partial charge in [-0.3, -0.25) is 9.59 Å². The number of aromatic carboxylic acids is 2. The van der Waals surface area contributed by atoms with E-state index in [2.05, 4.69) is 34.6 Å². The van der Waals surface area contributed by atoms with E-state index in [1.165, 1.54) is 94.9 Å². The van der Waals surface area contributed by atoms with Crippen LogP contribution in [0, 0.1) is 69.0 Å². The number of carboxylic acid groups (broad SMARTS) is 2. The van der Waals surface area contributed by atoms with Gasteiger partial charge in [-0.15, -0.1) is 0 Å². The van der Waals surface area contributed by atoms with Gasteiger partial charge in [0.05, 0.1) is 20.9 Å². The highest BCUT2D eigenvalue weighted by Crippen LogP contribution is 2.69. The van der Waals surface area contributed by atoms with Crippen molar-refractivity contribution in [3.8, 4) is 11.5 Å². The van der Waals surface area contributed by atoms with Crippen LogP contribution in [-0.2, 0) is 9.59 Å². The van der Waals surface area contributed by atoms with Crippen molar-refractivity contribution < 1.29 is 38.9 Å². The Kier molecular flexibility index (Phi) is 15.5. The van der Waals surface area contributed by atoms with Gasteiger partial charge in [-0.05, 0) is 211 Å². The molecule has 0 bridgehead atoms. The van der Waals surface area contributed by atoms with Gasteiger partial charge >= 0.3 is 23.9 Å². The molecule has 2 unspecified atom stereocenters. The molecule has 65 heavy (non-hydrogen) atoms. The smallest absolute Gasteiger partial charge is 0.339 e. The molecule has 9 atom stereocenters. The lowest BCUT2D eigenvalue weighted by atomic mass is 9.44. The van der Waals surface area contributed by atoms with Gasteiger partial charge in [0, 0.05) is 0 Å². The lowest BCUT2D eigenvalue weighted by Gasteiger charge is -2.61. The highest BCUT2D eigenvalue weighted by Gasteiger charge is 2.60. The monoisotopic (exact) mass is 934 g/mol. The van der Waals surface area contributed by atoms with Gasteiger partial charge in [0.15, 0.2) is 11.5 Å². The first-order valence-electron chi connectivity index (χ1n) is 24.5. The van der Waals surface area contributed by atoms with Gasteiger partial charge in [-0.25, -0.2) is 9.59 Å². The van der Waals surface area contributed by atoms with E-state index in [4.69, 9.17) is 32.7 Å². The van der Waals surface area contributed by atoms with Crippen LogP contribution in [0.5, 0.6) is 11.5 Å². The number of carbonyl (C=O) groups excluding carboxylic acids is 2. The molecule has 0 spiro atoms. The molecule has 0 aliphatic heterocycles. The van der Waals surface area contributed by atoms with Crippen LogP contribution in [-0.4, -0.2) is 34.1 Å². The van der Waals surface area contributed by atoms with E-state index in [1.54, 1.807) is 41.5 Å². The molecule has 4 saturated carbocycles. The zero-order valence-electron chi connectivity index (χ0n) is 41.0. The van der Waals surface area contributed by atoms with Crippen molar-refractivity contribution in [1.82, 2.24) is 0 Å². The van der Waals surface area contributed by atoms with Gasteiger partial charge in [-0.1, -0.05) is 83.2 Å². The summed E-state index contributed by atoms with van der Waals surface area (Å²) in [6.07, 6.45) is 19.4. The van der Waals surface area contributed by atoms with E-state index < -0.39 is 34.7 Å². The number of fused-ring (bicyclic) bond motifs is 5. The molecular formula is C55H76Cl2O8. The van der Waals surface area contributed by atoms with Crippen LogP contribution < -0.4 is 9.47 Å². The first kappa shape index (κ1) is 51.0. The second-order valence-electron chi connectivity index (χ2n) is 23.6. The van der Waals surface area contributed by atoms with Crippen LogP contribution in [0.2, 0.25) is 10.0 Å². The zero-order chi connectivity index (χ0) is 48.0. The minimum absolute atomic E-state index is 0.0850. The Labute approximate surface area is 399 Å². The van der Waals surface area contributed by atoms with Crippen molar-refractivity contribution in [3.63, 3.8) is 0 Å². The van der Waals surface area contributed by atoms with Crippen molar-refractivity contribution in [2.75, 3.05) is 0 Å². The van der Waals surface area contributed by atoms with Crippen LogP contribution in [0.1, 0.15) is 198 Å². The molecule has 2 aromatic carbocycles. The Bertz CT molecular complexity index is 2060. The topological polar surface area (TPSA) is 127 Å². The Morgan fingerprint density at radius 3 is 1.75 bits per heavy atom. The van der Waals surface area contributed by atoms with Gasteiger partial charge in [0.2, 0.25) is 0 Å². The third-order valence-corrected chi connectivity index (χ3v) is 17.2. The summed E-state index contributed by atoms with van der Waals surface area (Å²) in [5.41, 5.74) is -0.379. The number of carboxylic acids is 2. The number of hydrogen-bond donors (Lipinski definition) is 2. The molecule has 2 N–H and O–H groups in total. The molecule has 0 amide bonds. The van der Waals surface area contributed by atoms with E-state index in [1.807, 2.05) is 6.08 Å². The fourth-order valence-electron chi connectivity index (χ4n) is 13.0. The third kappa shape index (κ3) is 10.8. The van der Waals surface area contributed by atoms with E-state index in [9.17, 15) is 29.4 Å². The van der Waals surface area contributed by atoms with E-state index in [-0.39, 0.29) is 32.7 Å². The van der Waals surface area contributed by atoms with Crippen LogP contribution in [0.15, 0.2) is 30.3 Å². The first-order valence-corrected chi connectivity index (χ1v) is 25.3. The molecule has 8 nitrogen and oxygen atoms in total. The van der Waals surface area contributed by atoms with Gasteiger partial charge in [-0.2, -0.15) is 0 Å². The van der Waals surface area contributed by atoms with E-state index in [0.29, 0.717) is 45.8 Å². The summed E-state index contributed by atoms with van der Waals surface area (Å²) < 4.78 is 11.2. The average Bonchev–Trinajstić information content (AvgIpc) is 3.57. The number of benzene rings is 2. The van der Waals surface area contributed by atoms with Gasteiger partial charge < -0.3 is 19.7 Å².